The summed E-state index contributed by atoms with van der Waals surface area (Å²) in [7, 11) is -3.21. The average Bonchev–Trinajstić information content (AvgIpc) is 2.44. The van der Waals surface area contributed by atoms with Crippen LogP contribution in [0.25, 0.3) is 11.1 Å². The summed E-state index contributed by atoms with van der Waals surface area (Å²) in [4.78, 5) is 0.308. The molecule has 136 valence electrons. The number of rotatable bonds is 2. The number of benzene rings is 2. The van der Waals surface area contributed by atoms with Crippen LogP contribution in [0.5, 0.6) is 5.75 Å². The number of aromatic hydroxyl groups is 1. The molecule has 0 bridgehead atoms. The van der Waals surface area contributed by atoms with Gasteiger partial charge in [-0.05, 0) is 46.2 Å². The normalized spacial score (nSPS) is 13.1. The molecule has 4 heteroatoms. The topological polar surface area (TPSA) is 54.4 Å². The summed E-state index contributed by atoms with van der Waals surface area (Å²) in [5, 5.41) is 10.8. The van der Waals surface area contributed by atoms with Gasteiger partial charge in [0.15, 0.2) is 9.84 Å². The largest absolute Gasteiger partial charge is 0.507 e. The Bertz CT molecular complexity index is 843. The van der Waals surface area contributed by atoms with Crippen LogP contribution in [-0.2, 0) is 20.7 Å². The highest BCUT2D eigenvalue weighted by Crippen LogP contribution is 2.42. The van der Waals surface area contributed by atoms with Crippen LogP contribution in [0.4, 0.5) is 0 Å². The Morgan fingerprint density at radius 2 is 1.16 bits per heavy atom. The van der Waals surface area contributed by atoms with E-state index in [2.05, 4.69) is 41.5 Å². The van der Waals surface area contributed by atoms with Crippen LogP contribution in [0.1, 0.15) is 52.7 Å². The molecule has 0 aliphatic rings. The van der Waals surface area contributed by atoms with Crippen molar-refractivity contribution in [3.63, 3.8) is 0 Å². The fourth-order valence-corrected chi connectivity index (χ4v) is 3.47. The Morgan fingerprint density at radius 3 is 1.48 bits per heavy atom. The molecular formula is C21H28O3S. The van der Waals surface area contributed by atoms with Gasteiger partial charge >= 0.3 is 0 Å². The molecule has 2 rings (SSSR count). The molecule has 0 spiro atoms. The van der Waals surface area contributed by atoms with E-state index < -0.39 is 9.84 Å². The third kappa shape index (κ3) is 4.24. The van der Waals surface area contributed by atoms with Crippen LogP contribution in [0.15, 0.2) is 41.3 Å². The molecule has 2 aromatic rings. The van der Waals surface area contributed by atoms with E-state index in [9.17, 15) is 13.5 Å². The summed E-state index contributed by atoms with van der Waals surface area (Å²) < 4.78 is 23.3. The molecule has 0 atom stereocenters. The fourth-order valence-electron chi connectivity index (χ4n) is 2.84. The molecule has 0 amide bonds. The maximum absolute atomic E-state index is 11.7. The minimum atomic E-state index is -3.21. The molecule has 2 aromatic carbocycles. The number of sulfone groups is 1. The van der Waals surface area contributed by atoms with Gasteiger partial charge < -0.3 is 5.11 Å². The molecule has 0 fully saturated rings. The van der Waals surface area contributed by atoms with E-state index in [-0.39, 0.29) is 10.8 Å². The summed E-state index contributed by atoms with van der Waals surface area (Å²) in [6.45, 7) is 12.4. The Morgan fingerprint density at radius 1 is 0.760 bits per heavy atom. The first-order valence-electron chi connectivity index (χ1n) is 8.40. The van der Waals surface area contributed by atoms with Gasteiger partial charge in [0.05, 0.1) is 4.90 Å². The molecule has 0 radical (unpaired) electrons. The maximum Gasteiger partial charge on any atom is 0.175 e. The zero-order valence-electron chi connectivity index (χ0n) is 16.1. The van der Waals surface area contributed by atoms with Crippen LogP contribution in [0, 0.1) is 0 Å². The van der Waals surface area contributed by atoms with Gasteiger partial charge in [0.25, 0.3) is 0 Å². The standard InChI is InChI=1S/C21H28O3S/c1-20(2,3)17-12-15(13-18(19(17)22)21(4,5)6)14-8-10-16(11-9-14)25(7,23)24/h8-13,22H,1-7H3. The second-order valence-electron chi connectivity index (χ2n) is 8.72. The van der Waals surface area contributed by atoms with E-state index in [1.807, 2.05) is 24.3 Å². The Hall–Kier alpha value is -1.81. The van der Waals surface area contributed by atoms with Gasteiger partial charge in [0.1, 0.15) is 5.75 Å². The van der Waals surface area contributed by atoms with Crippen LogP contribution >= 0.6 is 0 Å². The van der Waals surface area contributed by atoms with Crippen molar-refractivity contribution in [2.45, 2.75) is 57.3 Å². The Balaban J connectivity index is 2.70. The quantitative estimate of drug-likeness (QED) is 0.814. The molecule has 25 heavy (non-hydrogen) atoms. The van der Waals surface area contributed by atoms with E-state index in [0.29, 0.717) is 10.6 Å². The van der Waals surface area contributed by atoms with Crippen molar-refractivity contribution < 1.29 is 13.5 Å². The van der Waals surface area contributed by atoms with Crippen molar-refractivity contribution in [1.29, 1.82) is 0 Å². The van der Waals surface area contributed by atoms with Crippen LogP contribution < -0.4 is 0 Å². The fraction of sp³-hybridized carbons (Fsp3) is 0.429. The molecule has 0 aliphatic carbocycles. The monoisotopic (exact) mass is 360 g/mol. The van der Waals surface area contributed by atoms with Crippen LogP contribution in [-0.4, -0.2) is 19.8 Å². The van der Waals surface area contributed by atoms with Crippen molar-refractivity contribution in [3.05, 3.63) is 47.5 Å². The van der Waals surface area contributed by atoms with Crippen molar-refractivity contribution in [2.24, 2.45) is 0 Å². The summed E-state index contributed by atoms with van der Waals surface area (Å²) in [6.07, 6.45) is 1.21. The second kappa shape index (κ2) is 6.17. The first-order chi connectivity index (χ1) is 11.2. The predicted molar refractivity (Wildman–Crippen MR) is 104 cm³/mol. The number of phenols is 1. The van der Waals surface area contributed by atoms with E-state index in [0.717, 1.165) is 22.3 Å². The van der Waals surface area contributed by atoms with Crippen molar-refractivity contribution in [3.8, 4) is 16.9 Å². The minimum absolute atomic E-state index is 0.202. The van der Waals surface area contributed by atoms with Crippen molar-refractivity contribution in [1.82, 2.24) is 0 Å². The predicted octanol–water partition coefficient (Wildman–Crippen LogP) is 5.06. The third-order valence-electron chi connectivity index (χ3n) is 4.34. The summed E-state index contributed by atoms with van der Waals surface area (Å²) >= 11 is 0. The molecule has 0 saturated heterocycles. The smallest absolute Gasteiger partial charge is 0.175 e. The molecular weight excluding hydrogens is 332 g/mol. The molecule has 0 aliphatic heterocycles. The van der Waals surface area contributed by atoms with Gasteiger partial charge in [-0.25, -0.2) is 8.42 Å². The minimum Gasteiger partial charge on any atom is -0.507 e. The SMILES string of the molecule is CC(C)(C)c1cc(-c2ccc(S(C)(=O)=O)cc2)cc(C(C)(C)C)c1O. The van der Waals surface area contributed by atoms with Gasteiger partial charge in [-0.2, -0.15) is 0 Å². The molecule has 0 unspecified atom stereocenters. The highest BCUT2D eigenvalue weighted by atomic mass is 32.2. The zero-order valence-corrected chi connectivity index (χ0v) is 17.0. The highest BCUT2D eigenvalue weighted by Gasteiger charge is 2.26. The van der Waals surface area contributed by atoms with Gasteiger partial charge in [0, 0.05) is 17.4 Å². The lowest BCUT2D eigenvalue weighted by molar-refractivity contribution is 0.423. The molecule has 0 aromatic heterocycles. The van der Waals surface area contributed by atoms with E-state index >= 15 is 0 Å². The number of phenolic OH excluding ortho intramolecular Hbond substituents is 1. The third-order valence-corrected chi connectivity index (χ3v) is 5.47. The lowest BCUT2D eigenvalue weighted by Gasteiger charge is -2.28. The van der Waals surface area contributed by atoms with Gasteiger partial charge in [-0.15, -0.1) is 0 Å². The first kappa shape index (κ1) is 19.5. The number of hydrogen-bond acceptors (Lipinski definition) is 3. The molecule has 0 saturated carbocycles. The summed E-state index contributed by atoms with van der Waals surface area (Å²) in [6, 6.07) is 10.9. The Kier molecular flexibility index (Phi) is 4.81. The average molecular weight is 361 g/mol. The number of hydrogen-bond donors (Lipinski definition) is 1. The van der Waals surface area contributed by atoms with Crippen LogP contribution in [0.2, 0.25) is 0 Å². The van der Waals surface area contributed by atoms with E-state index in [1.165, 1.54) is 6.26 Å². The van der Waals surface area contributed by atoms with Gasteiger partial charge in [0.2, 0.25) is 0 Å². The molecule has 1 N–H and O–H groups in total. The van der Waals surface area contributed by atoms with E-state index in [4.69, 9.17) is 0 Å². The lowest BCUT2D eigenvalue weighted by atomic mass is 9.78. The van der Waals surface area contributed by atoms with Gasteiger partial charge in [-0.3, -0.25) is 0 Å². The van der Waals surface area contributed by atoms with E-state index in [1.54, 1.807) is 12.1 Å². The second-order valence-corrected chi connectivity index (χ2v) is 10.7. The van der Waals surface area contributed by atoms with Crippen LogP contribution in [0.3, 0.4) is 0 Å². The molecule has 0 heterocycles. The van der Waals surface area contributed by atoms with Crippen molar-refractivity contribution in [2.75, 3.05) is 6.26 Å². The first-order valence-corrected chi connectivity index (χ1v) is 10.3. The van der Waals surface area contributed by atoms with Gasteiger partial charge in [-0.1, -0.05) is 53.7 Å². The van der Waals surface area contributed by atoms with Crippen molar-refractivity contribution >= 4 is 9.84 Å². The summed E-state index contributed by atoms with van der Waals surface area (Å²) in [5.74, 6) is 0.344. The lowest BCUT2D eigenvalue weighted by Crippen LogP contribution is -2.17. The maximum atomic E-state index is 11.7. The molecule has 3 nitrogen and oxygen atoms in total. The zero-order chi connectivity index (χ0) is 19.2. The highest BCUT2D eigenvalue weighted by molar-refractivity contribution is 7.90. The summed E-state index contributed by atoms with van der Waals surface area (Å²) in [5.41, 5.74) is 3.29. The Labute approximate surface area is 151 Å².